The highest BCUT2D eigenvalue weighted by Crippen LogP contribution is 2.37. The molecule has 11 heteroatoms. The van der Waals surface area contributed by atoms with Crippen LogP contribution in [0.2, 0.25) is 5.02 Å². The molecule has 0 spiro atoms. The van der Waals surface area contributed by atoms with Gasteiger partial charge < -0.3 is 14.4 Å². The number of sulfonamides is 1. The number of carbonyl (C=O) groups excluding carboxylic acids is 2. The Morgan fingerprint density at radius 2 is 1.77 bits per heavy atom. The van der Waals surface area contributed by atoms with Crippen molar-refractivity contribution < 1.29 is 31.9 Å². The second-order valence-corrected chi connectivity index (χ2v) is 11.0. The van der Waals surface area contributed by atoms with Gasteiger partial charge in [-0.25, -0.2) is 12.8 Å². The van der Waals surface area contributed by atoms with E-state index >= 15 is 0 Å². The Morgan fingerprint density at radius 3 is 2.40 bits per heavy atom. The maximum Gasteiger partial charge on any atom is 0.261 e. The van der Waals surface area contributed by atoms with Crippen LogP contribution in [0, 0.1) is 5.82 Å². The maximum atomic E-state index is 13.1. The average Bonchev–Trinajstić information content (AvgIpc) is 3.04. The molecule has 0 saturated carbocycles. The lowest BCUT2D eigenvalue weighted by Gasteiger charge is -2.38. The maximum absolute atomic E-state index is 13.1. The molecular formula is C24H26ClFN2O6S. The lowest BCUT2D eigenvalue weighted by atomic mass is 9.99. The number of fused-ring (bicyclic) bond motifs is 2. The molecule has 2 amide bonds. The van der Waals surface area contributed by atoms with E-state index in [0.717, 1.165) is 19.8 Å². The number of nitrogens with zero attached hydrogens (tertiary/aromatic N) is 1. The van der Waals surface area contributed by atoms with Crippen molar-refractivity contribution in [1.82, 2.24) is 9.62 Å². The minimum atomic E-state index is -3.94. The quantitative estimate of drug-likeness (QED) is 0.567. The molecule has 2 heterocycles. The van der Waals surface area contributed by atoms with E-state index in [2.05, 4.69) is 0 Å². The summed E-state index contributed by atoms with van der Waals surface area (Å²) < 4.78 is 51.2. The van der Waals surface area contributed by atoms with Gasteiger partial charge in [0.2, 0.25) is 15.9 Å². The predicted octanol–water partition coefficient (Wildman–Crippen LogP) is 3.42. The molecule has 2 aromatic rings. The van der Waals surface area contributed by atoms with E-state index in [4.69, 9.17) is 21.1 Å². The van der Waals surface area contributed by atoms with Crippen LogP contribution in [0.1, 0.15) is 38.2 Å². The van der Waals surface area contributed by atoms with Gasteiger partial charge in [0.15, 0.2) is 6.61 Å². The zero-order chi connectivity index (χ0) is 25.2. The van der Waals surface area contributed by atoms with E-state index in [1.807, 2.05) is 9.62 Å². The molecule has 8 nitrogen and oxygen atoms in total. The fourth-order valence-corrected chi connectivity index (χ4v) is 6.15. The lowest BCUT2D eigenvalue weighted by molar-refractivity contribution is -0.139. The van der Waals surface area contributed by atoms with Crippen LogP contribution in [0.15, 0.2) is 42.5 Å². The molecule has 2 bridgehead atoms. The van der Waals surface area contributed by atoms with Crippen molar-refractivity contribution in [3.8, 4) is 11.5 Å². The fourth-order valence-electron chi connectivity index (χ4n) is 4.81. The van der Waals surface area contributed by atoms with Gasteiger partial charge in [-0.05, 0) is 55.3 Å². The van der Waals surface area contributed by atoms with Crippen molar-refractivity contribution in [3.63, 3.8) is 0 Å². The summed E-state index contributed by atoms with van der Waals surface area (Å²) in [6.45, 7) is 0.846. The Labute approximate surface area is 208 Å². The highest BCUT2D eigenvalue weighted by Gasteiger charge is 2.44. The van der Waals surface area contributed by atoms with Crippen LogP contribution in [0.3, 0.4) is 0 Å². The number of ether oxygens (including phenoxy) is 2. The summed E-state index contributed by atoms with van der Waals surface area (Å²) in [4.78, 5) is 26.1. The fraction of sp³-hybridized carbons (Fsp3) is 0.417. The molecule has 0 aromatic heterocycles. The zero-order valence-corrected chi connectivity index (χ0v) is 20.6. The summed E-state index contributed by atoms with van der Waals surface area (Å²) in [5.74, 6) is -0.930. The summed E-state index contributed by atoms with van der Waals surface area (Å²) in [6.07, 6.45) is 2.99. The summed E-state index contributed by atoms with van der Waals surface area (Å²) in [7, 11) is -3.94. The van der Waals surface area contributed by atoms with Gasteiger partial charge in [-0.1, -0.05) is 11.6 Å². The Bertz CT molecular complexity index is 1190. The predicted molar refractivity (Wildman–Crippen MR) is 127 cm³/mol. The van der Waals surface area contributed by atoms with Gasteiger partial charge >= 0.3 is 0 Å². The van der Waals surface area contributed by atoms with Crippen LogP contribution >= 0.6 is 11.6 Å². The Balaban J connectivity index is 1.38. The van der Waals surface area contributed by atoms with Gasteiger partial charge in [0.25, 0.3) is 5.91 Å². The Kier molecular flexibility index (Phi) is 7.51. The second-order valence-electron chi connectivity index (χ2n) is 8.81. The first kappa shape index (κ1) is 25.2. The molecule has 2 saturated heterocycles. The highest BCUT2D eigenvalue weighted by atomic mass is 35.5. The van der Waals surface area contributed by atoms with Crippen LogP contribution in [0.25, 0.3) is 0 Å². The van der Waals surface area contributed by atoms with Gasteiger partial charge in [0.05, 0.1) is 5.75 Å². The van der Waals surface area contributed by atoms with Gasteiger partial charge in [-0.3, -0.25) is 14.3 Å². The van der Waals surface area contributed by atoms with E-state index in [9.17, 15) is 22.4 Å². The van der Waals surface area contributed by atoms with Crippen LogP contribution in [-0.4, -0.2) is 49.9 Å². The molecule has 35 heavy (non-hydrogen) atoms. The van der Waals surface area contributed by atoms with E-state index in [-0.39, 0.29) is 47.8 Å². The minimum Gasteiger partial charge on any atom is -0.490 e. The van der Waals surface area contributed by atoms with Gasteiger partial charge in [-0.2, -0.15) is 0 Å². The van der Waals surface area contributed by atoms with Crippen LogP contribution in [-0.2, 0) is 25.4 Å². The third-order valence-electron chi connectivity index (χ3n) is 6.11. The van der Waals surface area contributed by atoms with Crippen molar-refractivity contribution in [3.05, 3.63) is 58.9 Å². The van der Waals surface area contributed by atoms with E-state index in [1.165, 1.54) is 30.3 Å². The molecule has 2 aliphatic heterocycles. The van der Waals surface area contributed by atoms with E-state index in [0.29, 0.717) is 23.6 Å². The molecule has 3 atom stereocenters. The van der Waals surface area contributed by atoms with Crippen molar-refractivity contribution in [2.45, 2.75) is 56.5 Å². The normalized spacial score (nSPS) is 21.5. The van der Waals surface area contributed by atoms with Gasteiger partial charge in [0.1, 0.15) is 23.4 Å². The van der Waals surface area contributed by atoms with Crippen molar-refractivity contribution in [2.75, 3.05) is 6.61 Å². The summed E-state index contributed by atoms with van der Waals surface area (Å²) in [6, 6.07) is 10.4. The molecule has 1 unspecified atom stereocenters. The van der Waals surface area contributed by atoms with E-state index in [1.54, 1.807) is 12.1 Å². The van der Waals surface area contributed by atoms with Gasteiger partial charge in [0, 0.05) is 42.4 Å². The Morgan fingerprint density at radius 1 is 1.11 bits per heavy atom. The van der Waals surface area contributed by atoms with Crippen LogP contribution < -0.4 is 14.2 Å². The summed E-state index contributed by atoms with van der Waals surface area (Å²) in [5.41, 5.74) is 0.244. The molecule has 0 radical (unpaired) electrons. The van der Waals surface area contributed by atoms with Crippen LogP contribution in [0.4, 0.5) is 4.39 Å². The van der Waals surface area contributed by atoms with Crippen molar-refractivity contribution in [1.29, 1.82) is 0 Å². The van der Waals surface area contributed by atoms with Gasteiger partial charge in [-0.15, -0.1) is 0 Å². The molecule has 188 valence electrons. The molecular weight excluding hydrogens is 499 g/mol. The number of amides is 2. The first-order valence-electron chi connectivity index (χ1n) is 11.3. The first-order valence-corrected chi connectivity index (χ1v) is 13.3. The van der Waals surface area contributed by atoms with Crippen molar-refractivity contribution in [2.24, 2.45) is 0 Å². The molecule has 1 N–H and O–H groups in total. The molecule has 0 aliphatic carbocycles. The number of carbonyl (C=O) groups is 2. The number of halogens is 2. The Hall–Kier alpha value is -2.85. The third-order valence-corrected chi connectivity index (χ3v) is 7.64. The molecule has 2 aliphatic rings. The van der Waals surface area contributed by atoms with Crippen molar-refractivity contribution >= 4 is 33.4 Å². The minimum absolute atomic E-state index is 0.0140. The SMILES string of the molecule is CC(=O)NS(=O)(=O)Cc1cc(Cl)ccc1OCC(=O)N1[C@@H]2CC[C@H]1CC(Oc1ccc(F)cc1)C2. The number of piperidine rings is 1. The highest BCUT2D eigenvalue weighted by molar-refractivity contribution is 7.89. The third kappa shape index (κ3) is 6.43. The second kappa shape index (κ2) is 10.4. The number of benzene rings is 2. The molecule has 2 aromatic carbocycles. The number of rotatable bonds is 8. The number of hydrogen-bond acceptors (Lipinski definition) is 6. The molecule has 4 rings (SSSR count). The monoisotopic (exact) mass is 524 g/mol. The van der Waals surface area contributed by atoms with Crippen LogP contribution in [0.5, 0.6) is 11.5 Å². The topological polar surface area (TPSA) is 102 Å². The number of nitrogens with one attached hydrogen (secondary N) is 1. The summed E-state index contributed by atoms with van der Waals surface area (Å²) in [5, 5.41) is 0.304. The standard InChI is InChI=1S/C24H26ClFN2O6S/c1-15(29)27-35(31,32)14-16-10-17(25)2-9-23(16)33-13-24(30)28-19-5-6-20(28)12-22(11-19)34-21-7-3-18(26)4-8-21/h2-4,7-10,19-20,22H,5-6,11-14H2,1H3,(H,27,29)/t19-,20+,22?. The lowest BCUT2D eigenvalue weighted by Crippen LogP contribution is -2.50. The van der Waals surface area contributed by atoms with E-state index < -0.39 is 21.7 Å². The number of hydrogen-bond donors (Lipinski definition) is 1. The average molecular weight is 525 g/mol. The smallest absolute Gasteiger partial charge is 0.261 e. The zero-order valence-electron chi connectivity index (χ0n) is 19.1. The molecule has 2 fully saturated rings. The first-order chi connectivity index (χ1) is 16.6. The summed E-state index contributed by atoms with van der Waals surface area (Å²) >= 11 is 6.02. The largest absolute Gasteiger partial charge is 0.490 e.